The highest BCUT2D eigenvalue weighted by Crippen LogP contribution is 2.26. The zero-order chi connectivity index (χ0) is 16.7. The Hall–Kier alpha value is -1.85. The number of hydrogen-bond acceptors (Lipinski definition) is 5. The first-order chi connectivity index (χ1) is 11.0. The van der Waals surface area contributed by atoms with Crippen molar-refractivity contribution in [3.05, 3.63) is 53.2 Å². The lowest BCUT2D eigenvalue weighted by molar-refractivity contribution is -0.144. The van der Waals surface area contributed by atoms with Crippen molar-refractivity contribution in [1.29, 1.82) is 0 Å². The van der Waals surface area contributed by atoms with Gasteiger partial charge in [0.1, 0.15) is 5.03 Å². The molecule has 0 saturated carbocycles. The molecule has 0 saturated heterocycles. The summed E-state index contributed by atoms with van der Waals surface area (Å²) in [5, 5.41) is 5.25. The molecule has 0 unspecified atom stereocenters. The van der Waals surface area contributed by atoms with Crippen LogP contribution in [0.25, 0.3) is 0 Å². The van der Waals surface area contributed by atoms with E-state index in [2.05, 4.69) is 10.1 Å². The zero-order valence-corrected chi connectivity index (χ0v) is 14.5. The van der Waals surface area contributed by atoms with E-state index in [4.69, 9.17) is 16.4 Å². The Balaban J connectivity index is 1.89. The minimum absolute atomic E-state index is 0.253. The topological polar surface area (TPSA) is 51.5 Å². The van der Waals surface area contributed by atoms with Crippen molar-refractivity contribution in [2.24, 2.45) is 11.1 Å². The third-order valence-corrected chi connectivity index (χ3v) is 3.94. The van der Waals surface area contributed by atoms with Crippen molar-refractivity contribution in [2.45, 2.75) is 30.2 Å². The summed E-state index contributed by atoms with van der Waals surface area (Å²) >= 11 is 7.40. The van der Waals surface area contributed by atoms with Crippen LogP contribution in [0.2, 0.25) is 5.02 Å². The molecule has 0 aliphatic carbocycles. The fourth-order valence-electron chi connectivity index (χ4n) is 1.67. The van der Waals surface area contributed by atoms with Crippen LogP contribution >= 0.6 is 23.4 Å². The average Bonchev–Trinajstić information content (AvgIpc) is 2.50. The van der Waals surface area contributed by atoms with E-state index in [0.29, 0.717) is 11.4 Å². The minimum Gasteiger partial charge on any atom is -0.318 e. The lowest BCUT2D eigenvalue weighted by Gasteiger charge is -2.02. The average molecular weight is 349 g/mol. The van der Waals surface area contributed by atoms with Gasteiger partial charge in [-0.25, -0.2) is 9.78 Å². The molecule has 120 valence electrons. The third-order valence-electron chi connectivity index (χ3n) is 2.73. The second-order valence-corrected chi connectivity index (χ2v) is 6.81. The molecule has 1 aromatic carbocycles. The van der Waals surface area contributed by atoms with Crippen LogP contribution in [0.4, 0.5) is 0 Å². The molecule has 2 rings (SSSR count). The van der Waals surface area contributed by atoms with Gasteiger partial charge in [-0.2, -0.15) is 0 Å². The Morgan fingerprint density at radius 3 is 2.65 bits per heavy atom. The van der Waals surface area contributed by atoms with E-state index < -0.39 is 0 Å². The van der Waals surface area contributed by atoms with Crippen molar-refractivity contribution < 1.29 is 9.63 Å². The second-order valence-electron chi connectivity index (χ2n) is 5.28. The summed E-state index contributed by atoms with van der Waals surface area (Å²) in [6.07, 6.45) is 3.51. The largest absolute Gasteiger partial charge is 0.335 e. The normalized spacial score (nSPS) is 11.1. The molecule has 0 fully saturated rings. The SMILES string of the molecule is CC(C)CC(=O)O/N=C\c1ccc(Sc2ccc(Cl)cc2)nc1. The Morgan fingerprint density at radius 1 is 1.30 bits per heavy atom. The predicted molar refractivity (Wildman–Crippen MR) is 93.0 cm³/mol. The predicted octanol–water partition coefficient (Wildman–Crippen LogP) is 4.81. The molecule has 0 bridgehead atoms. The summed E-state index contributed by atoms with van der Waals surface area (Å²) in [5.41, 5.74) is 0.766. The van der Waals surface area contributed by atoms with Gasteiger partial charge in [0.15, 0.2) is 0 Å². The fourth-order valence-corrected chi connectivity index (χ4v) is 2.55. The summed E-state index contributed by atoms with van der Waals surface area (Å²) in [5.74, 6) is -0.0809. The number of oxime groups is 1. The molecule has 0 aliphatic rings. The van der Waals surface area contributed by atoms with E-state index in [-0.39, 0.29) is 11.9 Å². The molecular weight excluding hydrogens is 332 g/mol. The second kappa shape index (κ2) is 8.70. The highest BCUT2D eigenvalue weighted by molar-refractivity contribution is 7.99. The molecular formula is C17H17ClN2O2S. The van der Waals surface area contributed by atoms with Crippen LogP contribution in [0.5, 0.6) is 0 Å². The van der Waals surface area contributed by atoms with Gasteiger partial charge in [-0.1, -0.05) is 42.4 Å². The number of pyridine rings is 1. The van der Waals surface area contributed by atoms with Crippen LogP contribution < -0.4 is 0 Å². The van der Waals surface area contributed by atoms with Gasteiger partial charge in [-0.3, -0.25) is 0 Å². The highest BCUT2D eigenvalue weighted by atomic mass is 35.5. The van der Waals surface area contributed by atoms with Crippen molar-refractivity contribution in [2.75, 3.05) is 0 Å². The first-order valence-corrected chi connectivity index (χ1v) is 8.35. The summed E-state index contributed by atoms with van der Waals surface area (Å²) in [7, 11) is 0. The molecule has 0 amide bonds. The smallest absolute Gasteiger partial charge is 0.318 e. The maximum atomic E-state index is 11.4. The molecule has 0 aliphatic heterocycles. The van der Waals surface area contributed by atoms with Crippen LogP contribution in [0.1, 0.15) is 25.8 Å². The lowest BCUT2D eigenvalue weighted by Crippen LogP contribution is -2.04. The monoisotopic (exact) mass is 348 g/mol. The molecule has 0 radical (unpaired) electrons. The van der Waals surface area contributed by atoms with E-state index in [9.17, 15) is 4.79 Å². The number of carbonyl (C=O) groups is 1. The van der Waals surface area contributed by atoms with Gasteiger partial charge < -0.3 is 4.84 Å². The van der Waals surface area contributed by atoms with Crippen LogP contribution in [0.3, 0.4) is 0 Å². The molecule has 0 atom stereocenters. The van der Waals surface area contributed by atoms with E-state index in [1.807, 2.05) is 50.2 Å². The summed E-state index contributed by atoms with van der Waals surface area (Å²) in [6.45, 7) is 3.90. The van der Waals surface area contributed by atoms with Gasteiger partial charge >= 0.3 is 5.97 Å². The van der Waals surface area contributed by atoms with E-state index in [1.165, 1.54) is 6.21 Å². The van der Waals surface area contributed by atoms with Crippen LogP contribution in [0.15, 0.2) is 57.7 Å². The van der Waals surface area contributed by atoms with Crippen molar-refractivity contribution in [1.82, 2.24) is 4.98 Å². The van der Waals surface area contributed by atoms with Gasteiger partial charge in [-0.05, 0) is 42.3 Å². The first-order valence-electron chi connectivity index (χ1n) is 7.15. The summed E-state index contributed by atoms with van der Waals surface area (Å²) in [4.78, 5) is 21.5. The van der Waals surface area contributed by atoms with Gasteiger partial charge in [0.05, 0.1) is 12.6 Å². The number of benzene rings is 1. The van der Waals surface area contributed by atoms with Crippen LogP contribution in [-0.4, -0.2) is 17.2 Å². The molecule has 23 heavy (non-hydrogen) atoms. The maximum Gasteiger partial charge on any atom is 0.335 e. The first kappa shape index (κ1) is 17.5. The molecule has 2 aromatic rings. The Bertz CT molecular complexity index is 670. The number of nitrogens with zero attached hydrogens (tertiary/aromatic N) is 2. The molecule has 0 spiro atoms. The number of rotatable bonds is 6. The van der Waals surface area contributed by atoms with E-state index in [1.54, 1.807) is 18.0 Å². The molecule has 0 N–H and O–H groups in total. The minimum atomic E-state index is -0.334. The number of aromatic nitrogens is 1. The van der Waals surface area contributed by atoms with Gasteiger partial charge in [-0.15, -0.1) is 0 Å². The summed E-state index contributed by atoms with van der Waals surface area (Å²) in [6, 6.07) is 11.3. The lowest BCUT2D eigenvalue weighted by atomic mass is 10.1. The Morgan fingerprint density at radius 2 is 2.04 bits per heavy atom. The van der Waals surface area contributed by atoms with Crippen molar-refractivity contribution in [3.8, 4) is 0 Å². The van der Waals surface area contributed by atoms with Gasteiger partial charge in [0, 0.05) is 21.7 Å². The van der Waals surface area contributed by atoms with Gasteiger partial charge in [0.2, 0.25) is 0 Å². The van der Waals surface area contributed by atoms with E-state index in [0.717, 1.165) is 15.5 Å². The maximum absolute atomic E-state index is 11.4. The molecule has 4 nitrogen and oxygen atoms in total. The quantitative estimate of drug-likeness (QED) is 0.427. The standard InChI is InChI=1S/C17H17ClN2O2S/c1-12(2)9-17(21)22-20-11-13-3-8-16(19-10-13)23-15-6-4-14(18)5-7-15/h3-8,10-12H,9H2,1-2H3/b20-11-. The number of hydrogen-bond donors (Lipinski definition) is 0. The molecule has 1 aromatic heterocycles. The molecule has 1 heterocycles. The van der Waals surface area contributed by atoms with Crippen LogP contribution in [0, 0.1) is 5.92 Å². The Kier molecular flexibility index (Phi) is 6.62. The van der Waals surface area contributed by atoms with Crippen LogP contribution in [-0.2, 0) is 9.63 Å². The summed E-state index contributed by atoms with van der Waals surface area (Å²) < 4.78 is 0. The number of carbonyl (C=O) groups excluding carboxylic acids is 1. The van der Waals surface area contributed by atoms with Gasteiger partial charge in [0.25, 0.3) is 0 Å². The zero-order valence-electron chi connectivity index (χ0n) is 12.9. The Labute approximate surface area is 144 Å². The highest BCUT2D eigenvalue weighted by Gasteiger charge is 2.05. The van der Waals surface area contributed by atoms with Crippen molar-refractivity contribution >= 4 is 35.5 Å². The van der Waals surface area contributed by atoms with Crippen molar-refractivity contribution in [3.63, 3.8) is 0 Å². The number of halogens is 1. The third kappa shape index (κ3) is 6.42. The fraction of sp³-hybridized carbons (Fsp3) is 0.235. The molecule has 6 heteroatoms. The van der Waals surface area contributed by atoms with E-state index >= 15 is 0 Å².